The summed E-state index contributed by atoms with van der Waals surface area (Å²) in [4.78, 5) is 42.6. The lowest BCUT2D eigenvalue weighted by Gasteiger charge is -2.17. The molecule has 3 atom stereocenters. The fraction of sp³-hybridized carbons (Fsp3) is 0.409. The number of nitrogens with two attached hydrogens (primary N) is 2. The molecule has 0 aliphatic carbocycles. The number of hydrogen-bond acceptors (Lipinski definition) is 8. The van der Waals surface area contributed by atoms with E-state index in [-0.39, 0.29) is 30.6 Å². The second-order valence-electron chi connectivity index (χ2n) is 8.20. The van der Waals surface area contributed by atoms with Crippen molar-refractivity contribution in [2.24, 2.45) is 0 Å². The summed E-state index contributed by atoms with van der Waals surface area (Å²) >= 11 is 0. The van der Waals surface area contributed by atoms with Crippen molar-refractivity contribution in [3.63, 3.8) is 0 Å². The number of carboxylic acids is 2. The molecule has 1 aromatic carbocycles. The quantitative estimate of drug-likeness (QED) is 0.307. The van der Waals surface area contributed by atoms with E-state index in [1.807, 2.05) is 12.1 Å². The minimum Gasteiger partial charge on any atom is -0.481 e. The average Bonchev–Trinajstić information content (AvgIpc) is 3.17. The van der Waals surface area contributed by atoms with Gasteiger partial charge < -0.3 is 32.3 Å². The van der Waals surface area contributed by atoms with Gasteiger partial charge in [0.2, 0.25) is 5.95 Å². The van der Waals surface area contributed by atoms with Gasteiger partial charge in [-0.05, 0) is 42.9 Å². The van der Waals surface area contributed by atoms with Crippen LogP contribution in [-0.4, -0.2) is 50.6 Å². The van der Waals surface area contributed by atoms with Crippen molar-refractivity contribution in [3.8, 4) is 0 Å². The van der Waals surface area contributed by atoms with Crippen molar-refractivity contribution in [2.45, 2.75) is 50.5 Å². The molecule has 1 amide bonds. The molecule has 11 nitrogen and oxygen atoms in total. The van der Waals surface area contributed by atoms with E-state index < -0.39 is 23.9 Å². The number of fused-ring (bicyclic) bond motifs is 1. The fourth-order valence-electron chi connectivity index (χ4n) is 3.96. The lowest BCUT2D eigenvalue weighted by molar-refractivity contribution is -0.140. The van der Waals surface area contributed by atoms with Crippen molar-refractivity contribution in [3.05, 3.63) is 41.0 Å². The summed E-state index contributed by atoms with van der Waals surface area (Å²) in [6.45, 7) is 2.81. The Balaban J connectivity index is 1.57. The second-order valence-corrected chi connectivity index (χ2v) is 8.20. The highest BCUT2D eigenvalue weighted by Crippen LogP contribution is 2.38. The third kappa shape index (κ3) is 5.88. The second kappa shape index (κ2) is 10.2. The van der Waals surface area contributed by atoms with Crippen LogP contribution in [0.5, 0.6) is 0 Å². The summed E-state index contributed by atoms with van der Waals surface area (Å²) in [5.41, 5.74) is 13.9. The van der Waals surface area contributed by atoms with Crippen molar-refractivity contribution in [1.82, 2.24) is 15.3 Å². The highest BCUT2D eigenvalue weighted by Gasteiger charge is 2.28. The molecule has 1 aliphatic heterocycles. The number of nitrogens with zero attached hydrogens (tertiary/aromatic N) is 2. The summed E-state index contributed by atoms with van der Waals surface area (Å²) in [7, 11) is 0. The molecule has 0 radical (unpaired) electrons. The molecule has 0 saturated carbocycles. The van der Waals surface area contributed by atoms with Gasteiger partial charge in [0, 0.05) is 30.0 Å². The lowest BCUT2D eigenvalue weighted by Crippen LogP contribution is -2.41. The zero-order valence-corrected chi connectivity index (χ0v) is 18.2. The zero-order chi connectivity index (χ0) is 24.1. The van der Waals surface area contributed by atoms with E-state index in [1.54, 1.807) is 12.1 Å². The highest BCUT2D eigenvalue weighted by atomic mass is 16.4. The number of benzene rings is 1. The maximum atomic E-state index is 12.4. The largest absolute Gasteiger partial charge is 0.481 e. The number of nitrogens with one attached hydrogen (secondary N) is 2. The number of amides is 1. The van der Waals surface area contributed by atoms with E-state index in [9.17, 15) is 19.5 Å². The van der Waals surface area contributed by atoms with E-state index in [4.69, 9.17) is 16.6 Å². The first-order valence-corrected chi connectivity index (χ1v) is 10.7. The van der Waals surface area contributed by atoms with Gasteiger partial charge in [0.25, 0.3) is 5.91 Å². The molecule has 2 heterocycles. The SMILES string of the molecule is CC(CCC1CNc2nc(N)nc(N)c21)c1ccc(C(=O)N[C@H](CCC(=O)O)C(=O)O)cc1. The smallest absolute Gasteiger partial charge is 0.326 e. The van der Waals surface area contributed by atoms with Crippen LogP contribution in [0.2, 0.25) is 0 Å². The van der Waals surface area contributed by atoms with Crippen LogP contribution in [0.25, 0.3) is 0 Å². The molecule has 0 fully saturated rings. The number of hydrogen-bond donors (Lipinski definition) is 6. The van der Waals surface area contributed by atoms with Crippen molar-refractivity contribution < 1.29 is 24.6 Å². The summed E-state index contributed by atoms with van der Waals surface area (Å²) in [5.74, 6) is -1.31. The molecule has 2 unspecified atom stereocenters. The number of carboxylic acid groups (broad SMARTS) is 2. The van der Waals surface area contributed by atoms with Gasteiger partial charge in [0.15, 0.2) is 0 Å². The Morgan fingerprint density at radius 1 is 1.15 bits per heavy atom. The maximum Gasteiger partial charge on any atom is 0.326 e. The Morgan fingerprint density at radius 2 is 1.85 bits per heavy atom. The Bertz CT molecular complexity index is 1040. The van der Waals surface area contributed by atoms with E-state index >= 15 is 0 Å². The molecule has 1 aliphatic rings. The zero-order valence-electron chi connectivity index (χ0n) is 18.2. The van der Waals surface area contributed by atoms with Crippen LogP contribution >= 0.6 is 0 Å². The number of nitrogen functional groups attached to an aromatic ring is 2. The van der Waals surface area contributed by atoms with E-state index in [0.29, 0.717) is 17.2 Å². The molecule has 0 saturated heterocycles. The van der Waals surface area contributed by atoms with Crippen molar-refractivity contribution in [1.29, 1.82) is 0 Å². The highest BCUT2D eigenvalue weighted by molar-refractivity contribution is 5.96. The van der Waals surface area contributed by atoms with Crippen LogP contribution in [0, 0.1) is 0 Å². The number of aromatic nitrogens is 2. The molecule has 2 aromatic rings. The number of anilines is 3. The van der Waals surface area contributed by atoms with Crippen molar-refractivity contribution in [2.75, 3.05) is 23.3 Å². The first-order chi connectivity index (χ1) is 15.7. The maximum absolute atomic E-state index is 12.4. The predicted octanol–water partition coefficient (Wildman–Crippen LogP) is 1.78. The van der Waals surface area contributed by atoms with Crippen LogP contribution in [-0.2, 0) is 9.59 Å². The van der Waals surface area contributed by atoms with Gasteiger partial charge in [-0.25, -0.2) is 4.79 Å². The number of aliphatic carboxylic acids is 2. The molecule has 11 heteroatoms. The fourth-order valence-corrected chi connectivity index (χ4v) is 3.96. The van der Waals surface area contributed by atoms with Crippen LogP contribution in [0.15, 0.2) is 24.3 Å². The predicted molar refractivity (Wildman–Crippen MR) is 122 cm³/mol. The Hall–Kier alpha value is -3.89. The Kier molecular flexibility index (Phi) is 7.31. The third-order valence-corrected chi connectivity index (χ3v) is 5.86. The van der Waals surface area contributed by atoms with Gasteiger partial charge in [-0.2, -0.15) is 9.97 Å². The van der Waals surface area contributed by atoms with Gasteiger partial charge in [0.1, 0.15) is 17.7 Å². The molecular formula is C22H28N6O5. The van der Waals surface area contributed by atoms with E-state index in [0.717, 1.165) is 30.5 Å². The summed E-state index contributed by atoms with van der Waals surface area (Å²) in [6.07, 6.45) is 1.20. The third-order valence-electron chi connectivity index (χ3n) is 5.86. The van der Waals surface area contributed by atoms with Crippen molar-refractivity contribution >= 4 is 35.4 Å². The van der Waals surface area contributed by atoms with Crippen LogP contribution < -0.4 is 22.1 Å². The van der Waals surface area contributed by atoms with Crippen LogP contribution in [0.3, 0.4) is 0 Å². The van der Waals surface area contributed by atoms with Gasteiger partial charge in [-0.3, -0.25) is 9.59 Å². The standard InChI is InChI=1S/C22H28N6O5/c1-11(2-3-14-10-25-19-17(14)18(23)27-22(24)28-19)12-4-6-13(7-5-12)20(31)26-15(21(32)33)8-9-16(29)30/h4-7,11,14-15H,2-3,8-10H2,1H3,(H,26,31)(H,29,30)(H,32,33)(H5,23,24,25,27,28)/t11?,14?,15-/m1/s1. The minimum atomic E-state index is -1.27. The number of carbonyl (C=O) groups excluding carboxylic acids is 1. The van der Waals surface area contributed by atoms with Gasteiger partial charge in [-0.15, -0.1) is 0 Å². The molecular weight excluding hydrogens is 428 g/mol. The van der Waals surface area contributed by atoms with Crippen LogP contribution in [0.4, 0.5) is 17.6 Å². The molecule has 1 aromatic heterocycles. The molecule has 176 valence electrons. The molecule has 0 spiro atoms. The topological polar surface area (TPSA) is 194 Å². The molecule has 0 bridgehead atoms. The van der Waals surface area contributed by atoms with Gasteiger partial charge in [-0.1, -0.05) is 19.1 Å². The van der Waals surface area contributed by atoms with E-state index in [1.165, 1.54) is 0 Å². The van der Waals surface area contributed by atoms with Gasteiger partial charge in [0.05, 0.1) is 0 Å². The first-order valence-electron chi connectivity index (χ1n) is 10.7. The Morgan fingerprint density at radius 3 is 2.48 bits per heavy atom. The molecule has 33 heavy (non-hydrogen) atoms. The number of rotatable bonds is 10. The lowest BCUT2D eigenvalue weighted by atomic mass is 9.89. The Labute approximate surface area is 190 Å². The summed E-state index contributed by atoms with van der Waals surface area (Å²) < 4.78 is 0. The van der Waals surface area contributed by atoms with Gasteiger partial charge >= 0.3 is 11.9 Å². The van der Waals surface area contributed by atoms with Crippen LogP contribution in [0.1, 0.15) is 65.9 Å². The minimum absolute atomic E-state index is 0.147. The first kappa shape index (κ1) is 23.8. The number of carbonyl (C=O) groups is 3. The molecule has 3 rings (SSSR count). The normalized spacial score (nSPS) is 16.3. The monoisotopic (exact) mass is 456 g/mol. The summed E-state index contributed by atoms with van der Waals surface area (Å²) in [6, 6.07) is 5.69. The molecule has 8 N–H and O–H groups in total. The summed E-state index contributed by atoms with van der Waals surface area (Å²) in [5, 5.41) is 23.5. The average molecular weight is 457 g/mol. The van der Waals surface area contributed by atoms with E-state index in [2.05, 4.69) is 27.5 Å².